The van der Waals surface area contributed by atoms with Gasteiger partial charge in [0.2, 0.25) is 5.91 Å². The van der Waals surface area contributed by atoms with Crippen molar-refractivity contribution in [2.45, 2.75) is 31.7 Å². The number of hydrogen-bond acceptors (Lipinski definition) is 3. The zero-order chi connectivity index (χ0) is 12.8. The van der Waals surface area contributed by atoms with Gasteiger partial charge in [0.15, 0.2) is 0 Å². The Morgan fingerprint density at radius 1 is 1.53 bits per heavy atom. The summed E-state index contributed by atoms with van der Waals surface area (Å²) in [5, 5.41) is 11.7. The van der Waals surface area contributed by atoms with Gasteiger partial charge in [-0.25, -0.2) is 0 Å². The second-order valence-electron chi connectivity index (χ2n) is 4.51. The molecule has 17 heavy (non-hydrogen) atoms. The van der Waals surface area contributed by atoms with Gasteiger partial charge in [0.25, 0.3) is 0 Å². The third-order valence-corrected chi connectivity index (χ3v) is 3.27. The zero-order valence-corrected chi connectivity index (χ0v) is 9.89. The van der Waals surface area contributed by atoms with Crippen LogP contribution in [0.1, 0.15) is 25.7 Å². The van der Waals surface area contributed by atoms with Gasteiger partial charge in [-0.2, -0.15) is 0 Å². The third kappa shape index (κ3) is 3.85. The first-order valence-electron chi connectivity index (χ1n) is 5.93. The number of carbonyl (C=O) groups is 2. The van der Waals surface area contributed by atoms with E-state index in [0.717, 1.165) is 12.8 Å². The minimum absolute atomic E-state index is 0.0346. The lowest BCUT2D eigenvalue weighted by Crippen LogP contribution is -2.43. The molecule has 0 radical (unpaired) electrons. The molecule has 0 aliphatic heterocycles. The largest absolute Gasteiger partial charge is 0.481 e. The van der Waals surface area contributed by atoms with Crippen LogP contribution in [-0.2, 0) is 9.59 Å². The molecule has 1 aliphatic rings. The number of amides is 1. The molecule has 96 valence electrons. The van der Waals surface area contributed by atoms with Crippen molar-refractivity contribution >= 4 is 11.9 Å². The van der Waals surface area contributed by atoms with E-state index in [1.165, 1.54) is 0 Å². The lowest BCUT2D eigenvalue weighted by molar-refractivity contribution is -0.143. The van der Waals surface area contributed by atoms with E-state index in [4.69, 9.17) is 10.8 Å². The fourth-order valence-corrected chi connectivity index (χ4v) is 2.26. The standard InChI is InChI=1S/C12H20N2O3/c1-2-4-10(13)11(15)14-7-8-5-3-6-9(8)12(16)17/h2,8-10H,1,3-7,13H2,(H,14,15)(H,16,17). The van der Waals surface area contributed by atoms with Crippen molar-refractivity contribution in [3.05, 3.63) is 12.7 Å². The number of carbonyl (C=O) groups excluding carboxylic acids is 1. The van der Waals surface area contributed by atoms with Crippen LogP contribution in [0.15, 0.2) is 12.7 Å². The highest BCUT2D eigenvalue weighted by atomic mass is 16.4. The Kier molecular flexibility index (Phi) is 5.15. The number of carboxylic acids is 1. The van der Waals surface area contributed by atoms with E-state index >= 15 is 0 Å². The Morgan fingerprint density at radius 2 is 2.24 bits per heavy atom. The number of nitrogens with two attached hydrogens (primary N) is 1. The molecule has 0 spiro atoms. The predicted octanol–water partition coefficient (Wildman–Crippen LogP) is 0.507. The van der Waals surface area contributed by atoms with Gasteiger partial charge in [0.05, 0.1) is 12.0 Å². The number of hydrogen-bond donors (Lipinski definition) is 3. The zero-order valence-electron chi connectivity index (χ0n) is 9.89. The van der Waals surface area contributed by atoms with Gasteiger partial charge in [0.1, 0.15) is 0 Å². The first-order chi connectivity index (χ1) is 8.06. The van der Waals surface area contributed by atoms with Gasteiger partial charge < -0.3 is 16.2 Å². The molecule has 0 aromatic heterocycles. The van der Waals surface area contributed by atoms with Crippen LogP contribution < -0.4 is 11.1 Å². The number of aliphatic carboxylic acids is 1. The Hall–Kier alpha value is -1.36. The molecule has 1 saturated carbocycles. The van der Waals surface area contributed by atoms with Gasteiger partial charge >= 0.3 is 5.97 Å². The minimum atomic E-state index is -0.767. The molecule has 1 rings (SSSR count). The maximum Gasteiger partial charge on any atom is 0.306 e. The summed E-state index contributed by atoms with van der Waals surface area (Å²) in [5.41, 5.74) is 5.61. The lowest BCUT2D eigenvalue weighted by atomic mass is 9.96. The summed E-state index contributed by atoms with van der Waals surface area (Å²) in [4.78, 5) is 22.5. The molecule has 0 saturated heterocycles. The normalized spacial score (nSPS) is 25.2. The molecule has 5 heteroatoms. The second-order valence-corrected chi connectivity index (χ2v) is 4.51. The molecule has 5 nitrogen and oxygen atoms in total. The van der Waals surface area contributed by atoms with Crippen molar-refractivity contribution in [3.8, 4) is 0 Å². The summed E-state index contributed by atoms with van der Waals surface area (Å²) in [6, 6.07) is -0.586. The highest BCUT2D eigenvalue weighted by Gasteiger charge is 2.33. The van der Waals surface area contributed by atoms with E-state index < -0.39 is 12.0 Å². The van der Waals surface area contributed by atoms with Crippen LogP contribution in [0.2, 0.25) is 0 Å². The van der Waals surface area contributed by atoms with Crippen molar-refractivity contribution in [1.82, 2.24) is 5.32 Å². The highest BCUT2D eigenvalue weighted by Crippen LogP contribution is 2.31. The molecule has 4 N–H and O–H groups in total. The average Bonchev–Trinajstić information content (AvgIpc) is 2.74. The van der Waals surface area contributed by atoms with Crippen LogP contribution in [0.4, 0.5) is 0 Å². The Bertz CT molecular complexity index is 304. The second kappa shape index (κ2) is 6.39. The molecule has 0 heterocycles. The lowest BCUT2D eigenvalue weighted by Gasteiger charge is -2.17. The molecule has 3 atom stereocenters. The Balaban J connectivity index is 2.37. The maximum atomic E-state index is 11.5. The molecule has 0 aromatic carbocycles. The summed E-state index contributed by atoms with van der Waals surface area (Å²) in [7, 11) is 0. The van der Waals surface area contributed by atoms with Crippen LogP contribution in [-0.4, -0.2) is 29.6 Å². The number of nitrogens with one attached hydrogen (secondary N) is 1. The number of rotatable bonds is 6. The summed E-state index contributed by atoms with van der Waals surface area (Å²) in [5.74, 6) is -1.30. The SMILES string of the molecule is C=CCC(N)C(=O)NCC1CCCC1C(=O)O. The minimum Gasteiger partial charge on any atom is -0.481 e. The van der Waals surface area contributed by atoms with Crippen molar-refractivity contribution in [2.75, 3.05) is 6.54 Å². The predicted molar refractivity (Wildman–Crippen MR) is 64.3 cm³/mol. The van der Waals surface area contributed by atoms with Crippen LogP contribution in [0.25, 0.3) is 0 Å². The molecule has 1 aliphatic carbocycles. The molecular weight excluding hydrogens is 220 g/mol. The van der Waals surface area contributed by atoms with Gasteiger partial charge in [-0.15, -0.1) is 6.58 Å². The summed E-state index contributed by atoms with van der Waals surface area (Å²) in [6.45, 7) is 3.92. The van der Waals surface area contributed by atoms with Gasteiger partial charge in [-0.1, -0.05) is 12.5 Å². The average molecular weight is 240 g/mol. The van der Waals surface area contributed by atoms with Crippen molar-refractivity contribution < 1.29 is 14.7 Å². The molecule has 1 fully saturated rings. The van der Waals surface area contributed by atoms with E-state index in [-0.39, 0.29) is 17.7 Å². The van der Waals surface area contributed by atoms with Crippen LogP contribution in [0, 0.1) is 11.8 Å². The van der Waals surface area contributed by atoms with Crippen molar-refractivity contribution in [2.24, 2.45) is 17.6 Å². The molecular formula is C12H20N2O3. The maximum absolute atomic E-state index is 11.5. The monoisotopic (exact) mass is 240 g/mol. The van der Waals surface area contributed by atoms with Crippen LogP contribution in [0.5, 0.6) is 0 Å². The smallest absolute Gasteiger partial charge is 0.306 e. The van der Waals surface area contributed by atoms with Crippen LogP contribution >= 0.6 is 0 Å². The van der Waals surface area contributed by atoms with E-state index in [2.05, 4.69) is 11.9 Å². The van der Waals surface area contributed by atoms with Crippen molar-refractivity contribution in [3.63, 3.8) is 0 Å². The third-order valence-electron chi connectivity index (χ3n) is 3.27. The Labute approximate surface area is 101 Å². The number of carboxylic acid groups (broad SMARTS) is 1. The Morgan fingerprint density at radius 3 is 2.82 bits per heavy atom. The first kappa shape index (κ1) is 13.7. The van der Waals surface area contributed by atoms with E-state index in [1.807, 2.05) is 0 Å². The first-order valence-corrected chi connectivity index (χ1v) is 5.93. The van der Waals surface area contributed by atoms with Gasteiger partial charge in [-0.3, -0.25) is 9.59 Å². The molecule has 0 bridgehead atoms. The summed E-state index contributed by atoms with van der Waals surface area (Å²) in [6.07, 6.45) is 4.50. The fraction of sp³-hybridized carbons (Fsp3) is 0.667. The van der Waals surface area contributed by atoms with E-state index in [9.17, 15) is 9.59 Å². The van der Waals surface area contributed by atoms with Crippen LogP contribution in [0.3, 0.4) is 0 Å². The molecule has 3 unspecified atom stereocenters. The van der Waals surface area contributed by atoms with Crippen molar-refractivity contribution in [1.29, 1.82) is 0 Å². The van der Waals surface area contributed by atoms with Gasteiger partial charge in [-0.05, 0) is 25.2 Å². The molecule has 0 aromatic rings. The van der Waals surface area contributed by atoms with Gasteiger partial charge in [0, 0.05) is 6.54 Å². The highest BCUT2D eigenvalue weighted by molar-refractivity contribution is 5.81. The quantitative estimate of drug-likeness (QED) is 0.590. The molecule has 1 amide bonds. The van der Waals surface area contributed by atoms with E-state index in [0.29, 0.717) is 19.4 Å². The summed E-state index contributed by atoms with van der Waals surface area (Å²) >= 11 is 0. The fourth-order valence-electron chi connectivity index (χ4n) is 2.26. The topological polar surface area (TPSA) is 92.4 Å². The summed E-state index contributed by atoms with van der Waals surface area (Å²) < 4.78 is 0. The van der Waals surface area contributed by atoms with E-state index in [1.54, 1.807) is 6.08 Å².